The van der Waals surface area contributed by atoms with Gasteiger partial charge in [-0.25, -0.2) is 0 Å². The minimum atomic E-state index is -1.23. The van der Waals surface area contributed by atoms with E-state index < -0.39 is 11.9 Å². The molecule has 0 saturated heterocycles. The average Bonchev–Trinajstić information content (AvgIpc) is 2.10. The van der Waals surface area contributed by atoms with Crippen molar-refractivity contribution in [3.63, 3.8) is 0 Å². The summed E-state index contributed by atoms with van der Waals surface area (Å²) < 4.78 is 0. The molecule has 0 saturated carbocycles. The summed E-state index contributed by atoms with van der Waals surface area (Å²) >= 11 is 0. The predicted molar refractivity (Wildman–Crippen MR) is 46.4 cm³/mol. The lowest BCUT2D eigenvalue weighted by Gasteiger charge is -2.01. The number of hydrogen-bond donors (Lipinski definition) is 0. The Morgan fingerprint density at radius 1 is 0.846 bits per heavy atom. The number of carboxylic acid groups (broad SMARTS) is 2. The molecule has 76 valence electrons. The van der Waals surface area contributed by atoms with Gasteiger partial charge in [0, 0.05) is 11.9 Å². The second-order valence-corrected chi connectivity index (χ2v) is 1.60. The van der Waals surface area contributed by atoms with Crippen LogP contribution in [0.4, 0.5) is 0 Å². The standard InChI is InChI=1S/C5H8O4.2C2H4/c6-4(7)2-1-3-5(8)9;2*1-2/h1-3H2,(H,6,7)(H,8,9);2*1-2H2/p-2. The largest absolute Gasteiger partial charge is 0.550 e. The highest BCUT2D eigenvalue weighted by molar-refractivity contribution is 5.67. The fourth-order valence-electron chi connectivity index (χ4n) is 0.377. The zero-order valence-electron chi connectivity index (χ0n) is 7.58. The van der Waals surface area contributed by atoms with Crippen molar-refractivity contribution in [2.75, 3.05) is 0 Å². The molecule has 0 fully saturated rings. The molecule has 0 amide bonds. The van der Waals surface area contributed by atoms with E-state index in [4.69, 9.17) is 0 Å². The van der Waals surface area contributed by atoms with Gasteiger partial charge in [-0.2, -0.15) is 0 Å². The molecule has 0 heterocycles. The van der Waals surface area contributed by atoms with E-state index in [0.717, 1.165) is 0 Å². The van der Waals surface area contributed by atoms with Gasteiger partial charge < -0.3 is 19.8 Å². The van der Waals surface area contributed by atoms with Gasteiger partial charge in [0.25, 0.3) is 0 Å². The Bertz CT molecular complexity index is 127. The number of carbonyl (C=O) groups is 2. The smallest absolute Gasteiger partial charge is 0.0414 e. The van der Waals surface area contributed by atoms with Gasteiger partial charge in [0.1, 0.15) is 0 Å². The Balaban J connectivity index is -0.000000218. The van der Waals surface area contributed by atoms with E-state index in [9.17, 15) is 19.8 Å². The first-order chi connectivity index (χ1) is 6.13. The van der Waals surface area contributed by atoms with Gasteiger partial charge >= 0.3 is 0 Å². The number of rotatable bonds is 4. The number of carbonyl (C=O) groups excluding carboxylic acids is 2. The first-order valence-corrected chi connectivity index (χ1v) is 3.52. The molecule has 0 aliphatic heterocycles. The van der Waals surface area contributed by atoms with Crippen LogP contribution in [0.5, 0.6) is 0 Å². The van der Waals surface area contributed by atoms with E-state index in [1.807, 2.05) is 0 Å². The molecule has 0 bridgehead atoms. The van der Waals surface area contributed by atoms with Gasteiger partial charge in [-0.3, -0.25) is 0 Å². The van der Waals surface area contributed by atoms with Crippen LogP contribution in [0.15, 0.2) is 26.3 Å². The summed E-state index contributed by atoms with van der Waals surface area (Å²) in [4.78, 5) is 19.3. The number of hydrogen-bond acceptors (Lipinski definition) is 4. The Hall–Kier alpha value is -1.58. The van der Waals surface area contributed by atoms with Gasteiger partial charge in [-0.05, 0) is 19.3 Å². The molecule has 0 rings (SSSR count). The maximum absolute atomic E-state index is 9.66. The molecule has 0 aliphatic carbocycles. The van der Waals surface area contributed by atoms with Crippen LogP contribution in [0.2, 0.25) is 0 Å². The quantitative estimate of drug-likeness (QED) is 0.541. The highest BCUT2D eigenvalue weighted by Crippen LogP contribution is 1.90. The van der Waals surface area contributed by atoms with E-state index in [1.54, 1.807) is 0 Å². The first-order valence-electron chi connectivity index (χ1n) is 3.52. The van der Waals surface area contributed by atoms with Gasteiger partial charge in [0.2, 0.25) is 0 Å². The topological polar surface area (TPSA) is 80.3 Å². The second-order valence-electron chi connectivity index (χ2n) is 1.60. The highest BCUT2D eigenvalue weighted by Gasteiger charge is 1.87. The summed E-state index contributed by atoms with van der Waals surface area (Å²) in [6.07, 6.45) is -0.341. The maximum atomic E-state index is 9.66. The molecule has 0 aromatic rings. The van der Waals surface area contributed by atoms with E-state index >= 15 is 0 Å². The molecule has 4 heteroatoms. The first kappa shape index (κ1) is 17.5. The zero-order chi connectivity index (χ0) is 11.3. The fraction of sp³-hybridized carbons (Fsp3) is 0.333. The zero-order valence-corrected chi connectivity index (χ0v) is 7.58. The van der Waals surface area contributed by atoms with Gasteiger partial charge in [-0.1, -0.05) is 0 Å². The molecule has 13 heavy (non-hydrogen) atoms. The molecular weight excluding hydrogens is 172 g/mol. The molecule has 0 aliphatic rings. The van der Waals surface area contributed by atoms with Gasteiger partial charge in [0.15, 0.2) is 0 Å². The summed E-state index contributed by atoms with van der Waals surface area (Å²) in [7, 11) is 0. The van der Waals surface area contributed by atoms with E-state index in [-0.39, 0.29) is 19.3 Å². The van der Waals surface area contributed by atoms with Crippen LogP contribution in [0.25, 0.3) is 0 Å². The SMILES string of the molecule is C=C.C=C.O=C([O-])CCCC(=O)[O-]. The van der Waals surface area contributed by atoms with E-state index in [1.165, 1.54) is 0 Å². The van der Waals surface area contributed by atoms with Crippen molar-refractivity contribution < 1.29 is 19.8 Å². The van der Waals surface area contributed by atoms with E-state index in [2.05, 4.69) is 26.3 Å². The van der Waals surface area contributed by atoms with Crippen LogP contribution in [-0.4, -0.2) is 11.9 Å². The van der Waals surface area contributed by atoms with Crippen molar-refractivity contribution in [2.45, 2.75) is 19.3 Å². The molecular formula is C9H14O4-2. The summed E-state index contributed by atoms with van der Waals surface area (Å²) in [5.74, 6) is -2.45. The predicted octanol–water partition coefficient (Wildman–Crippen LogP) is -0.739. The minimum Gasteiger partial charge on any atom is -0.550 e. The number of aliphatic carboxylic acids is 2. The lowest BCUT2D eigenvalue weighted by molar-refractivity contribution is -0.307. The summed E-state index contributed by atoms with van der Waals surface area (Å²) in [5, 5.41) is 19.3. The minimum absolute atomic E-state index is 0.0880. The fourth-order valence-corrected chi connectivity index (χ4v) is 0.377. The third-order valence-electron chi connectivity index (χ3n) is 0.762. The number of carboxylic acids is 2. The Morgan fingerprint density at radius 3 is 1.23 bits per heavy atom. The molecule has 0 aromatic heterocycles. The van der Waals surface area contributed by atoms with Gasteiger partial charge in [0.05, 0.1) is 0 Å². The monoisotopic (exact) mass is 186 g/mol. The Labute approximate surface area is 78.2 Å². The Morgan fingerprint density at radius 2 is 1.08 bits per heavy atom. The third-order valence-corrected chi connectivity index (χ3v) is 0.762. The van der Waals surface area contributed by atoms with Gasteiger partial charge in [-0.15, -0.1) is 26.3 Å². The van der Waals surface area contributed by atoms with Crippen LogP contribution in [0.3, 0.4) is 0 Å². The molecule has 0 aromatic carbocycles. The highest BCUT2D eigenvalue weighted by atomic mass is 16.4. The van der Waals surface area contributed by atoms with Crippen LogP contribution in [0.1, 0.15) is 19.3 Å². The lowest BCUT2D eigenvalue weighted by Crippen LogP contribution is -2.25. The summed E-state index contributed by atoms with van der Waals surface area (Å²) in [6, 6.07) is 0. The van der Waals surface area contributed by atoms with Crippen molar-refractivity contribution >= 4 is 11.9 Å². The van der Waals surface area contributed by atoms with Crippen molar-refractivity contribution in [3.8, 4) is 0 Å². The maximum Gasteiger partial charge on any atom is 0.0414 e. The molecule has 0 atom stereocenters. The molecule has 0 N–H and O–H groups in total. The molecule has 4 nitrogen and oxygen atoms in total. The second kappa shape index (κ2) is 16.8. The van der Waals surface area contributed by atoms with Crippen molar-refractivity contribution in [3.05, 3.63) is 26.3 Å². The van der Waals surface area contributed by atoms with Crippen LogP contribution < -0.4 is 10.2 Å². The third kappa shape index (κ3) is 37.8. The van der Waals surface area contributed by atoms with Crippen LogP contribution in [-0.2, 0) is 9.59 Å². The summed E-state index contributed by atoms with van der Waals surface area (Å²) in [6.45, 7) is 12.0. The average molecular weight is 186 g/mol. The Kier molecular flexibility index (Phi) is 22.6. The van der Waals surface area contributed by atoms with Crippen molar-refractivity contribution in [2.24, 2.45) is 0 Å². The molecule has 0 spiro atoms. The van der Waals surface area contributed by atoms with E-state index in [0.29, 0.717) is 0 Å². The van der Waals surface area contributed by atoms with Crippen molar-refractivity contribution in [1.82, 2.24) is 0 Å². The van der Waals surface area contributed by atoms with Crippen LogP contribution >= 0.6 is 0 Å². The molecule has 0 unspecified atom stereocenters. The normalized spacial score (nSPS) is 6.77. The van der Waals surface area contributed by atoms with Crippen LogP contribution in [0, 0.1) is 0 Å². The lowest BCUT2D eigenvalue weighted by atomic mass is 10.2. The van der Waals surface area contributed by atoms with Crippen molar-refractivity contribution in [1.29, 1.82) is 0 Å². The summed E-state index contributed by atoms with van der Waals surface area (Å²) in [5.41, 5.74) is 0. The molecule has 0 radical (unpaired) electrons.